The van der Waals surface area contributed by atoms with Crippen LogP contribution in [0.25, 0.3) is 0 Å². The van der Waals surface area contributed by atoms with Gasteiger partial charge in [0.15, 0.2) is 10.9 Å². The van der Waals surface area contributed by atoms with E-state index in [-0.39, 0.29) is 5.78 Å². The van der Waals surface area contributed by atoms with Gasteiger partial charge in [-0.05, 0) is 17.6 Å². The molecule has 0 saturated heterocycles. The number of nitrogens with zero attached hydrogens (tertiary/aromatic N) is 2. The third-order valence-corrected chi connectivity index (χ3v) is 3.13. The van der Waals surface area contributed by atoms with Crippen molar-refractivity contribution in [2.24, 2.45) is 0 Å². The number of hydrogen-bond donors (Lipinski definition) is 1. The van der Waals surface area contributed by atoms with E-state index < -0.39 is 0 Å². The first-order valence-electron chi connectivity index (χ1n) is 3.89. The maximum absolute atomic E-state index is 11.6. The van der Waals surface area contributed by atoms with Gasteiger partial charge in [-0.1, -0.05) is 0 Å². The molecule has 0 atom stereocenters. The highest BCUT2D eigenvalue weighted by Crippen LogP contribution is 2.14. The highest BCUT2D eigenvalue weighted by molar-refractivity contribution is 7.13. The van der Waals surface area contributed by atoms with Crippen LogP contribution in [-0.2, 0) is 6.42 Å². The largest absolute Gasteiger partial charge is 0.375 e. The molecule has 0 aromatic carbocycles. The Balaban J connectivity index is 2.09. The Morgan fingerprint density at radius 1 is 1.57 bits per heavy atom. The van der Waals surface area contributed by atoms with E-state index in [1.807, 2.05) is 0 Å². The van der Waals surface area contributed by atoms with Gasteiger partial charge in [0.25, 0.3) is 0 Å². The van der Waals surface area contributed by atoms with Gasteiger partial charge in [0.05, 0.1) is 17.0 Å². The minimum absolute atomic E-state index is 0.0396. The van der Waals surface area contributed by atoms with Crippen LogP contribution < -0.4 is 5.73 Å². The van der Waals surface area contributed by atoms with Crippen LogP contribution in [0.15, 0.2) is 17.6 Å². The van der Waals surface area contributed by atoms with E-state index in [1.54, 1.807) is 17.6 Å². The van der Waals surface area contributed by atoms with Gasteiger partial charge in [-0.25, -0.2) is 9.36 Å². The predicted molar refractivity (Wildman–Crippen MR) is 56.7 cm³/mol. The van der Waals surface area contributed by atoms with E-state index in [0.717, 1.165) is 5.69 Å². The first kappa shape index (κ1) is 9.29. The van der Waals surface area contributed by atoms with E-state index in [4.69, 9.17) is 5.73 Å². The number of thiazole rings is 1. The molecular formula is C8H7N3OS2. The van der Waals surface area contributed by atoms with Crippen molar-refractivity contribution in [3.63, 3.8) is 0 Å². The van der Waals surface area contributed by atoms with Gasteiger partial charge in [-0.2, -0.15) is 0 Å². The Hall–Kier alpha value is -1.27. The monoisotopic (exact) mass is 225 g/mol. The fourth-order valence-electron chi connectivity index (χ4n) is 1.02. The van der Waals surface area contributed by atoms with Crippen molar-refractivity contribution in [2.75, 3.05) is 5.73 Å². The van der Waals surface area contributed by atoms with Crippen molar-refractivity contribution in [3.8, 4) is 0 Å². The number of nitrogens with two attached hydrogens (primary N) is 1. The van der Waals surface area contributed by atoms with Crippen LogP contribution in [0.5, 0.6) is 0 Å². The summed E-state index contributed by atoms with van der Waals surface area (Å²) in [5.74, 6) is 0.0396. The summed E-state index contributed by atoms with van der Waals surface area (Å²) in [4.78, 5) is 16.3. The van der Waals surface area contributed by atoms with Crippen LogP contribution >= 0.6 is 22.9 Å². The van der Waals surface area contributed by atoms with E-state index in [1.165, 1.54) is 22.9 Å². The van der Waals surface area contributed by atoms with E-state index in [9.17, 15) is 4.79 Å². The SMILES string of the molecule is Nc1nc(CC(=O)c2ccns2)cs1. The summed E-state index contributed by atoms with van der Waals surface area (Å²) in [6, 6.07) is 1.71. The van der Waals surface area contributed by atoms with Gasteiger partial charge in [0.1, 0.15) is 0 Å². The lowest BCUT2D eigenvalue weighted by Gasteiger charge is -1.92. The van der Waals surface area contributed by atoms with Gasteiger partial charge in [0.2, 0.25) is 0 Å². The Labute approximate surface area is 88.6 Å². The third kappa shape index (κ3) is 1.97. The molecule has 0 aliphatic rings. The molecule has 0 aliphatic heterocycles. The Kier molecular flexibility index (Phi) is 2.55. The van der Waals surface area contributed by atoms with Gasteiger partial charge < -0.3 is 5.73 Å². The molecule has 0 aliphatic carbocycles. The average molecular weight is 225 g/mol. The van der Waals surface area contributed by atoms with Crippen molar-refractivity contribution in [1.29, 1.82) is 0 Å². The predicted octanol–water partition coefficient (Wildman–Crippen LogP) is 1.61. The van der Waals surface area contributed by atoms with Gasteiger partial charge >= 0.3 is 0 Å². The summed E-state index contributed by atoms with van der Waals surface area (Å²) in [7, 11) is 0. The first-order chi connectivity index (χ1) is 6.75. The minimum Gasteiger partial charge on any atom is -0.375 e. The maximum atomic E-state index is 11.6. The maximum Gasteiger partial charge on any atom is 0.180 e. The molecule has 0 spiro atoms. The number of nitrogen functional groups attached to an aromatic ring is 1. The van der Waals surface area contributed by atoms with Crippen molar-refractivity contribution in [2.45, 2.75) is 6.42 Å². The van der Waals surface area contributed by atoms with E-state index in [0.29, 0.717) is 16.4 Å². The molecule has 4 nitrogen and oxygen atoms in total. The fourth-order valence-corrected chi connectivity index (χ4v) is 2.11. The minimum atomic E-state index is 0.0396. The molecule has 14 heavy (non-hydrogen) atoms. The summed E-state index contributed by atoms with van der Waals surface area (Å²) in [5, 5.41) is 2.30. The molecule has 0 fully saturated rings. The highest BCUT2D eigenvalue weighted by Gasteiger charge is 2.10. The molecule has 2 aromatic heterocycles. The second-order valence-electron chi connectivity index (χ2n) is 2.65. The zero-order valence-corrected chi connectivity index (χ0v) is 8.77. The summed E-state index contributed by atoms with van der Waals surface area (Å²) in [6.07, 6.45) is 1.92. The van der Waals surface area contributed by atoms with Crippen molar-refractivity contribution in [3.05, 3.63) is 28.2 Å². The lowest BCUT2D eigenvalue weighted by molar-refractivity contribution is 0.0996. The summed E-state index contributed by atoms with van der Waals surface area (Å²) >= 11 is 2.55. The molecule has 0 bridgehead atoms. The molecule has 2 heterocycles. The zero-order valence-electron chi connectivity index (χ0n) is 7.14. The van der Waals surface area contributed by atoms with Gasteiger partial charge in [-0.3, -0.25) is 4.79 Å². The molecular weight excluding hydrogens is 218 g/mol. The normalized spacial score (nSPS) is 10.3. The number of hydrogen-bond acceptors (Lipinski definition) is 6. The number of carbonyl (C=O) groups excluding carboxylic acids is 1. The molecule has 2 N–H and O–H groups in total. The summed E-state index contributed by atoms with van der Waals surface area (Å²) < 4.78 is 3.87. The second kappa shape index (κ2) is 3.85. The van der Waals surface area contributed by atoms with E-state index in [2.05, 4.69) is 9.36 Å². The smallest absolute Gasteiger partial charge is 0.180 e. The zero-order chi connectivity index (χ0) is 9.97. The van der Waals surface area contributed by atoms with Crippen LogP contribution in [-0.4, -0.2) is 15.1 Å². The van der Waals surface area contributed by atoms with Crippen LogP contribution in [0, 0.1) is 0 Å². The number of aromatic nitrogens is 2. The number of anilines is 1. The summed E-state index contributed by atoms with van der Waals surface area (Å²) in [5.41, 5.74) is 6.19. The quantitative estimate of drug-likeness (QED) is 0.806. The Morgan fingerprint density at radius 3 is 3.00 bits per heavy atom. The second-order valence-corrected chi connectivity index (χ2v) is 4.38. The van der Waals surface area contributed by atoms with E-state index >= 15 is 0 Å². The van der Waals surface area contributed by atoms with Crippen LogP contribution in [0.2, 0.25) is 0 Å². The van der Waals surface area contributed by atoms with Crippen molar-refractivity contribution < 1.29 is 4.79 Å². The lowest BCUT2D eigenvalue weighted by Crippen LogP contribution is -2.01. The number of rotatable bonds is 3. The topological polar surface area (TPSA) is 68.9 Å². The Morgan fingerprint density at radius 2 is 2.43 bits per heavy atom. The molecule has 2 rings (SSSR count). The first-order valence-corrected chi connectivity index (χ1v) is 5.55. The standard InChI is InChI=1S/C8H7N3OS2/c9-8-11-5(4-13-8)3-6(12)7-1-2-10-14-7/h1-2,4H,3H2,(H2,9,11). The molecule has 6 heteroatoms. The summed E-state index contributed by atoms with van der Waals surface area (Å²) in [6.45, 7) is 0. The van der Waals surface area contributed by atoms with Crippen molar-refractivity contribution >= 4 is 33.8 Å². The molecule has 0 unspecified atom stereocenters. The number of Topliss-reactive ketones (excluding diaryl/α,β-unsaturated/α-hetero) is 1. The molecule has 72 valence electrons. The van der Waals surface area contributed by atoms with Crippen molar-refractivity contribution in [1.82, 2.24) is 9.36 Å². The van der Waals surface area contributed by atoms with Gasteiger partial charge in [-0.15, -0.1) is 11.3 Å². The molecule has 0 saturated carbocycles. The average Bonchev–Trinajstić information content (AvgIpc) is 2.75. The highest BCUT2D eigenvalue weighted by atomic mass is 32.1. The number of carbonyl (C=O) groups is 1. The molecule has 0 radical (unpaired) electrons. The third-order valence-electron chi connectivity index (χ3n) is 1.62. The number of ketones is 1. The fraction of sp³-hybridized carbons (Fsp3) is 0.125. The Bertz CT molecular complexity index is 435. The van der Waals surface area contributed by atoms with Gasteiger partial charge in [0, 0.05) is 11.6 Å². The molecule has 0 amide bonds. The van der Waals surface area contributed by atoms with Crippen LogP contribution in [0.3, 0.4) is 0 Å². The lowest BCUT2D eigenvalue weighted by atomic mass is 10.2. The van der Waals surface area contributed by atoms with Crippen LogP contribution in [0.1, 0.15) is 15.4 Å². The molecule has 2 aromatic rings. The van der Waals surface area contributed by atoms with Crippen LogP contribution in [0.4, 0.5) is 5.13 Å².